The molecule has 1 unspecified atom stereocenters. The molecule has 1 aromatic heterocycles. The van der Waals surface area contributed by atoms with E-state index in [-0.39, 0.29) is 29.2 Å². The predicted molar refractivity (Wildman–Crippen MR) is 96.8 cm³/mol. The molecule has 0 radical (unpaired) electrons. The Balaban J connectivity index is 1.11. The number of nitrogens with one attached hydrogen (secondary N) is 2. The van der Waals surface area contributed by atoms with Crippen molar-refractivity contribution < 1.29 is 14.4 Å². The first kappa shape index (κ1) is 16.7. The number of carbonyl (C=O) groups is 3. The number of aromatic nitrogens is 1. The lowest BCUT2D eigenvalue weighted by Crippen LogP contribution is -2.68. The molecule has 4 fully saturated rings. The largest absolute Gasteiger partial charge is 0.355 e. The molecule has 2 N–H and O–H groups in total. The van der Waals surface area contributed by atoms with Crippen molar-refractivity contribution in [2.75, 3.05) is 19.6 Å². The van der Waals surface area contributed by atoms with Crippen LogP contribution in [0.3, 0.4) is 0 Å². The standard InChI is InChI=1S/C20H24N4O3/c25-17(13-3-5-21-16(7-13)12-1-2-12)23-14-8-20(9-14)10-24(11-20)19(27)15-4-6-22-18(15)26/h3,5,7,12,14-15H,1-2,4,6,8-11H2,(H,22,26)(H,23,25). The summed E-state index contributed by atoms with van der Waals surface area (Å²) in [5.74, 6) is -0.167. The van der Waals surface area contributed by atoms with Crippen LogP contribution < -0.4 is 10.6 Å². The first-order valence-corrected chi connectivity index (χ1v) is 9.86. The maximum Gasteiger partial charge on any atom is 0.251 e. The van der Waals surface area contributed by atoms with E-state index in [1.165, 1.54) is 12.8 Å². The molecule has 4 aliphatic rings. The second-order valence-corrected chi connectivity index (χ2v) is 8.65. The number of hydrogen-bond acceptors (Lipinski definition) is 4. The molecule has 1 spiro atoms. The van der Waals surface area contributed by atoms with E-state index in [2.05, 4.69) is 15.6 Å². The Morgan fingerprint density at radius 2 is 2.00 bits per heavy atom. The van der Waals surface area contributed by atoms with Crippen molar-refractivity contribution in [2.24, 2.45) is 11.3 Å². The van der Waals surface area contributed by atoms with Crippen molar-refractivity contribution in [1.82, 2.24) is 20.5 Å². The Morgan fingerprint density at radius 3 is 2.67 bits per heavy atom. The van der Waals surface area contributed by atoms with Crippen LogP contribution in [-0.2, 0) is 9.59 Å². The number of hydrogen-bond donors (Lipinski definition) is 2. The number of nitrogens with zero attached hydrogens (tertiary/aromatic N) is 2. The third-order valence-electron chi connectivity index (χ3n) is 6.44. The molecule has 0 aromatic carbocycles. The van der Waals surface area contributed by atoms with E-state index in [0.29, 0.717) is 37.5 Å². The molecule has 7 nitrogen and oxygen atoms in total. The number of rotatable bonds is 4. The molecular formula is C20H24N4O3. The van der Waals surface area contributed by atoms with Gasteiger partial charge in [-0.15, -0.1) is 0 Å². The zero-order valence-corrected chi connectivity index (χ0v) is 15.2. The van der Waals surface area contributed by atoms with E-state index >= 15 is 0 Å². The van der Waals surface area contributed by atoms with Crippen molar-refractivity contribution in [3.63, 3.8) is 0 Å². The first-order valence-electron chi connectivity index (χ1n) is 9.86. The quantitative estimate of drug-likeness (QED) is 0.770. The van der Waals surface area contributed by atoms with E-state index in [0.717, 1.165) is 18.5 Å². The normalized spacial score (nSPS) is 26.3. The molecule has 27 heavy (non-hydrogen) atoms. The average molecular weight is 368 g/mol. The highest BCUT2D eigenvalue weighted by Gasteiger charge is 2.55. The van der Waals surface area contributed by atoms with E-state index in [1.54, 1.807) is 17.2 Å². The van der Waals surface area contributed by atoms with Gasteiger partial charge in [-0.2, -0.15) is 0 Å². The highest BCUT2D eigenvalue weighted by Crippen LogP contribution is 2.49. The van der Waals surface area contributed by atoms with E-state index < -0.39 is 5.92 Å². The Bertz CT molecular complexity index is 805. The fraction of sp³-hybridized carbons (Fsp3) is 0.600. The molecule has 2 saturated carbocycles. The van der Waals surface area contributed by atoms with Crippen molar-refractivity contribution in [3.8, 4) is 0 Å². The summed E-state index contributed by atoms with van der Waals surface area (Å²) in [5, 5.41) is 5.84. The molecule has 1 aromatic rings. The molecule has 3 amide bonds. The fourth-order valence-electron chi connectivity index (χ4n) is 4.78. The van der Waals surface area contributed by atoms with Crippen LogP contribution in [0.15, 0.2) is 18.3 Å². The van der Waals surface area contributed by atoms with E-state index in [9.17, 15) is 14.4 Å². The van der Waals surface area contributed by atoms with E-state index in [4.69, 9.17) is 0 Å². The van der Waals surface area contributed by atoms with E-state index in [1.807, 2.05) is 6.07 Å². The lowest BCUT2D eigenvalue weighted by Gasteiger charge is -2.59. The van der Waals surface area contributed by atoms with Crippen LogP contribution in [0.5, 0.6) is 0 Å². The Kier molecular flexibility index (Phi) is 3.74. The van der Waals surface area contributed by atoms with Crippen LogP contribution in [0, 0.1) is 11.3 Å². The summed E-state index contributed by atoms with van der Waals surface area (Å²) in [7, 11) is 0. The first-order chi connectivity index (χ1) is 13.0. The number of likely N-dealkylation sites (tertiary alicyclic amines) is 1. The second-order valence-electron chi connectivity index (χ2n) is 8.65. The third kappa shape index (κ3) is 2.99. The second kappa shape index (κ2) is 6.04. The van der Waals surface area contributed by atoms with Crippen LogP contribution in [0.25, 0.3) is 0 Å². The molecule has 2 saturated heterocycles. The summed E-state index contributed by atoms with van der Waals surface area (Å²) >= 11 is 0. The van der Waals surface area contributed by atoms with Crippen LogP contribution in [0.1, 0.15) is 54.1 Å². The zero-order chi connectivity index (χ0) is 18.6. The van der Waals surface area contributed by atoms with Gasteiger partial charge in [0, 0.05) is 54.5 Å². The number of carbonyl (C=O) groups excluding carboxylic acids is 3. The smallest absolute Gasteiger partial charge is 0.251 e. The molecule has 0 bridgehead atoms. The minimum atomic E-state index is -0.495. The molecule has 2 aliphatic carbocycles. The lowest BCUT2D eigenvalue weighted by atomic mass is 9.60. The molecule has 142 valence electrons. The van der Waals surface area contributed by atoms with Crippen LogP contribution in [0.4, 0.5) is 0 Å². The Hall–Kier alpha value is -2.44. The minimum absolute atomic E-state index is 0.0333. The summed E-state index contributed by atoms with van der Waals surface area (Å²) in [4.78, 5) is 42.7. The molecular weight excluding hydrogens is 344 g/mol. The molecule has 3 heterocycles. The molecule has 1 atom stereocenters. The molecule has 5 rings (SSSR count). The predicted octanol–water partition coefficient (Wildman–Crippen LogP) is 0.816. The highest BCUT2D eigenvalue weighted by molar-refractivity contribution is 6.02. The molecule has 7 heteroatoms. The van der Waals surface area contributed by atoms with Gasteiger partial charge < -0.3 is 15.5 Å². The van der Waals surface area contributed by atoms with Crippen LogP contribution >= 0.6 is 0 Å². The van der Waals surface area contributed by atoms with Gasteiger partial charge in [-0.25, -0.2) is 0 Å². The maximum atomic E-state index is 12.5. The summed E-state index contributed by atoms with van der Waals surface area (Å²) in [6.45, 7) is 2.02. The van der Waals surface area contributed by atoms with Crippen molar-refractivity contribution in [1.29, 1.82) is 0 Å². The fourth-order valence-corrected chi connectivity index (χ4v) is 4.78. The zero-order valence-electron chi connectivity index (χ0n) is 15.2. The summed E-state index contributed by atoms with van der Waals surface area (Å²) in [6.07, 6.45) is 6.47. The van der Waals surface area contributed by atoms with Gasteiger partial charge in [0.2, 0.25) is 11.8 Å². The van der Waals surface area contributed by atoms with Gasteiger partial charge in [-0.3, -0.25) is 19.4 Å². The summed E-state index contributed by atoms with van der Waals surface area (Å²) < 4.78 is 0. The lowest BCUT2D eigenvalue weighted by molar-refractivity contribution is -0.158. The molecule has 2 aliphatic heterocycles. The van der Waals surface area contributed by atoms with Gasteiger partial charge in [0.1, 0.15) is 5.92 Å². The van der Waals surface area contributed by atoms with Gasteiger partial charge in [0.05, 0.1) is 0 Å². The van der Waals surface area contributed by atoms with Crippen molar-refractivity contribution in [2.45, 2.75) is 44.1 Å². The monoisotopic (exact) mass is 368 g/mol. The van der Waals surface area contributed by atoms with Crippen molar-refractivity contribution >= 4 is 17.7 Å². The van der Waals surface area contributed by atoms with Crippen LogP contribution in [-0.4, -0.2) is 53.3 Å². The summed E-state index contributed by atoms with van der Waals surface area (Å²) in [5.41, 5.74) is 1.85. The Morgan fingerprint density at radius 1 is 1.22 bits per heavy atom. The Labute approximate surface area is 157 Å². The number of pyridine rings is 1. The maximum absolute atomic E-state index is 12.5. The van der Waals surface area contributed by atoms with Gasteiger partial charge in [0.25, 0.3) is 5.91 Å². The van der Waals surface area contributed by atoms with Gasteiger partial charge >= 0.3 is 0 Å². The topological polar surface area (TPSA) is 91.4 Å². The highest BCUT2D eigenvalue weighted by atomic mass is 16.2. The van der Waals surface area contributed by atoms with Gasteiger partial charge in [-0.1, -0.05) is 0 Å². The van der Waals surface area contributed by atoms with Crippen LogP contribution in [0.2, 0.25) is 0 Å². The third-order valence-corrected chi connectivity index (χ3v) is 6.44. The van der Waals surface area contributed by atoms with Gasteiger partial charge in [0.15, 0.2) is 0 Å². The summed E-state index contributed by atoms with van der Waals surface area (Å²) in [6, 6.07) is 3.85. The van der Waals surface area contributed by atoms with Gasteiger partial charge in [-0.05, 0) is 44.2 Å². The minimum Gasteiger partial charge on any atom is -0.355 e. The van der Waals surface area contributed by atoms with Crippen molar-refractivity contribution in [3.05, 3.63) is 29.6 Å². The SMILES string of the molecule is O=C(NC1CC2(C1)CN(C(=O)C1CCNC1=O)C2)c1ccnc(C2CC2)c1. The number of amides is 3. The average Bonchev–Trinajstić information content (AvgIpc) is 3.36.